The van der Waals surface area contributed by atoms with Gasteiger partial charge in [-0.2, -0.15) is 13.1 Å². The molecule has 1 aliphatic carbocycles. The molecule has 1 rings (SSSR count). The van der Waals surface area contributed by atoms with Gasteiger partial charge in [-0.25, -0.2) is 0 Å². The van der Waals surface area contributed by atoms with Crippen molar-refractivity contribution in [2.75, 3.05) is 7.05 Å². The van der Waals surface area contributed by atoms with Crippen LogP contribution in [0.1, 0.15) is 32.1 Å². The fraction of sp³-hybridized carbons (Fsp3) is 0.875. The largest absolute Gasteiger partial charge is 0.384 e. The first-order valence-electron chi connectivity index (χ1n) is 4.72. The third-order valence-corrected chi connectivity index (χ3v) is 3.26. The van der Waals surface area contributed by atoms with E-state index in [1.807, 2.05) is 4.72 Å². The maximum Gasteiger partial charge on any atom is 0.384 e. The summed E-state index contributed by atoms with van der Waals surface area (Å²) in [5.41, 5.74) is 0. The van der Waals surface area contributed by atoms with Gasteiger partial charge in [0.1, 0.15) is 0 Å². The minimum absolute atomic E-state index is 0.244. The molecule has 0 spiro atoms. The van der Waals surface area contributed by atoms with E-state index in [4.69, 9.17) is 0 Å². The van der Waals surface area contributed by atoms with Crippen molar-refractivity contribution in [3.63, 3.8) is 0 Å². The van der Waals surface area contributed by atoms with E-state index in [2.05, 4.69) is 4.18 Å². The lowest BCUT2D eigenvalue weighted by Gasteiger charge is -2.19. The summed E-state index contributed by atoms with van der Waals surface area (Å²) in [5.74, 6) is -0.870. The first-order valence-corrected chi connectivity index (χ1v) is 6.13. The molecule has 1 saturated carbocycles. The average molecular weight is 221 g/mol. The molecule has 0 bridgehead atoms. The predicted molar refractivity (Wildman–Crippen MR) is 50.6 cm³/mol. The number of nitrogens with one attached hydrogen (secondary N) is 1. The molecule has 0 aromatic rings. The Morgan fingerprint density at radius 2 is 1.86 bits per heavy atom. The first-order chi connectivity index (χ1) is 6.55. The smallest absolute Gasteiger partial charge is 0.334 e. The van der Waals surface area contributed by atoms with Crippen LogP contribution in [0.15, 0.2) is 0 Å². The molecule has 0 saturated heterocycles. The Morgan fingerprint density at radius 1 is 1.29 bits per heavy atom. The van der Waals surface area contributed by atoms with Crippen molar-refractivity contribution in [1.82, 2.24) is 4.72 Å². The fourth-order valence-electron chi connectivity index (χ4n) is 1.56. The number of carbonyl (C=O) groups excluding carboxylic acids is 1. The average Bonchev–Trinajstić information content (AvgIpc) is 2.19. The molecule has 1 N–H and O–H groups in total. The molecular formula is C8H15NO4S. The molecule has 0 atom stereocenters. The van der Waals surface area contributed by atoms with Crippen molar-refractivity contribution < 1.29 is 17.4 Å². The molecule has 1 aliphatic rings. The van der Waals surface area contributed by atoms with Crippen LogP contribution in [0.25, 0.3) is 0 Å². The normalized spacial score (nSPS) is 19.2. The first kappa shape index (κ1) is 11.5. The van der Waals surface area contributed by atoms with Crippen LogP contribution >= 0.6 is 0 Å². The zero-order chi connectivity index (χ0) is 10.6. The van der Waals surface area contributed by atoms with Gasteiger partial charge in [0.2, 0.25) is 0 Å². The van der Waals surface area contributed by atoms with Crippen LogP contribution in [0.5, 0.6) is 0 Å². The van der Waals surface area contributed by atoms with Crippen LogP contribution in [0.2, 0.25) is 0 Å². The summed E-state index contributed by atoms with van der Waals surface area (Å²) < 4.78 is 28.1. The summed E-state index contributed by atoms with van der Waals surface area (Å²) in [6, 6.07) is 0. The van der Waals surface area contributed by atoms with Gasteiger partial charge in [-0.05, 0) is 12.8 Å². The van der Waals surface area contributed by atoms with Crippen LogP contribution in [0.3, 0.4) is 0 Å². The van der Waals surface area contributed by atoms with Crippen LogP contribution in [-0.2, 0) is 19.3 Å². The molecule has 0 amide bonds. The minimum atomic E-state index is -3.87. The number of hydrogen-bond donors (Lipinski definition) is 1. The van der Waals surface area contributed by atoms with E-state index >= 15 is 0 Å². The summed E-state index contributed by atoms with van der Waals surface area (Å²) in [4.78, 5) is 11.3. The molecular weight excluding hydrogens is 206 g/mol. The van der Waals surface area contributed by atoms with Crippen LogP contribution in [-0.4, -0.2) is 21.4 Å². The molecule has 0 aromatic carbocycles. The highest BCUT2D eigenvalue weighted by Gasteiger charge is 2.26. The molecule has 82 valence electrons. The lowest BCUT2D eigenvalue weighted by molar-refractivity contribution is -0.139. The van der Waals surface area contributed by atoms with Crippen LogP contribution < -0.4 is 4.72 Å². The second-order valence-corrected chi connectivity index (χ2v) is 4.88. The number of rotatable bonds is 3. The zero-order valence-corrected chi connectivity index (χ0v) is 8.97. The quantitative estimate of drug-likeness (QED) is 0.756. The van der Waals surface area contributed by atoms with Gasteiger partial charge in [-0.1, -0.05) is 19.3 Å². The maximum absolute atomic E-state index is 11.3. The highest BCUT2D eigenvalue weighted by molar-refractivity contribution is 7.85. The molecule has 0 unspecified atom stereocenters. The lowest BCUT2D eigenvalue weighted by atomic mass is 9.90. The molecule has 0 heterocycles. The molecule has 0 aromatic heterocycles. The van der Waals surface area contributed by atoms with Crippen LogP contribution in [0.4, 0.5) is 0 Å². The van der Waals surface area contributed by atoms with Crippen molar-refractivity contribution in [1.29, 1.82) is 0 Å². The fourth-order valence-corrected chi connectivity index (χ4v) is 1.99. The zero-order valence-electron chi connectivity index (χ0n) is 8.15. The Hall–Kier alpha value is -0.620. The van der Waals surface area contributed by atoms with Crippen molar-refractivity contribution in [3.05, 3.63) is 0 Å². The monoisotopic (exact) mass is 221 g/mol. The Balaban J connectivity index is 2.49. The van der Waals surface area contributed by atoms with E-state index in [0.717, 1.165) is 32.1 Å². The Bertz CT molecular complexity index is 292. The summed E-state index contributed by atoms with van der Waals surface area (Å²) in [5, 5.41) is 0. The van der Waals surface area contributed by atoms with E-state index < -0.39 is 16.3 Å². The SMILES string of the molecule is CNS(=O)(=O)OC(=O)C1CCCCC1. The van der Waals surface area contributed by atoms with E-state index in [1.54, 1.807) is 0 Å². The molecule has 0 aliphatic heterocycles. The molecule has 6 heteroatoms. The van der Waals surface area contributed by atoms with Crippen molar-refractivity contribution in [3.8, 4) is 0 Å². The summed E-state index contributed by atoms with van der Waals surface area (Å²) >= 11 is 0. The number of hydrogen-bond acceptors (Lipinski definition) is 4. The summed E-state index contributed by atoms with van der Waals surface area (Å²) in [6.45, 7) is 0. The minimum Gasteiger partial charge on any atom is -0.334 e. The Labute approximate surface area is 84.1 Å². The lowest BCUT2D eigenvalue weighted by Crippen LogP contribution is -2.29. The Kier molecular flexibility index (Phi) is 3.88. The van der Waals surface area contributed by atoms with Gasteiger partial charge in [0, 0.05) is 7.05 Å². The van der Waals surface area contributed by atoms with Gasteiger partial charge in [0.05, 0.1) is 5.92 Å². The van der Waals surface area contributed by atoms with Crippen molar-refractivity contribution in [2.24, 2.45) is 5.92 Å². The maximum atomic E-state index is 11.3. The molecule has 5 nitrogen and oxygen atoms in total. The molecule has 14 heavy (non-hydrogen) atoms. The third kappa shape index (κ3) is 3.26. The standard InChI is InChI=1S/C8H15NO4S/c1-9-14(11,12)13-8(10)7-5-3-2-4-6-7/h7,9H,2-6H2,1H3. The summed E-state index contributed by atoms with van der Waals surface area (Å²) in [6.07, 6.45) is 4.53. The second-order valence-electron chi connectivity index (χ2n) is 3.40. The van der Waals surface area contributed by atoms with Crippen molar-refractivity contribution in [2.45, 2.75) is 32.1 Å². The van der Waals surface area contributed by atoms with E-state index in [1.165, 1.54) is 7.05 Å². The highest BCUT2D eigenvalue weighted by Crippen LogP contribution is 2.24. The van der Waals surface area contributed by atoms with Crippen molar-refractivity contribution >= 4 is 16.3 Å². The van der Waals surface area contributed by atoms with Crippen LogP contribution in [0, 0.1) is 5.92 Å². The van der Waals surface area contributed by atoms with Gasteiger partial charge in [-0.15, -0.1) is 0 Å². The van der Waals surface area contributed by atoms with Gasteiger partial charge >= 0.3 is 16.3 Å². The van der Waals surface area contributed by atoms with Gasteiger partial charge in [-0.3, -0.25) is 4.79 Å². The van der Waals surface area contributed by atoms with Gasteiger partial charge in [0.15, 0.2) is 0 Å². The molecule has 0 radical (unpaired) electrons. The van der Waals surface area contributed by atoms with Gasteiger partial charge < -0.3 is 4.18 Å². The highest BCUT2D eigenvalue weighted by atomic mass is 32.2. The topological polar surface area (TPSA) is 72.5 Å². The number of carbonyl (C=O) groups is 1. The Morgan fingerprint density at radius 3 is 2.36 bits per heavy atom. The van der Waals surface area contributed by atoms with E-state index in [9.17, 15) is 13.2 Å². The van der Waals surface area contributed by atoms with Gasteiger partial charge in [0.25, 0.3) is 0 Å². The third-order valence-electron chi connectivity index (χ3n) is 2.38. The molecule has 1 fully saturated rings. The predicted octanol–water partition coefficient (Wildman–Crippen LogP) is 0.574. The summed E-state index contributed by atoms with van der Waals surface area (Å²) in [7, 11) is -2.66. The van der Waals surface area contributed by atoms with E-state index in [-0.39, 0.29) is 5.92 Å². The second kappa shape index (κ2) is 4.75. The van der Waals surface area contributed by atoms with E-state index in [0.29, 0.717) is 0 Å².